The number of hydrogen-bond acceptors (Lipinski definition) is 6. The maximum Gasteiger partial charge on any atom is 0.333 e. The fourth-order valence-corrected chi connectivity index (χ4v) is 3.52. The summed E-state index contributed by atoms with van der Waals surface area (Å²) in [5.41, 5.74) is 0.549. The largest absolute Gasteiger partial charge is 0.350 e. The molecule has 2 aromatic heterocycles. The summed E-state index contributed by atoms with van der Waals surface area (Å²) >= 11 is 0. The van der Waals surface area contributed by atoms with Crippen LogP contribution in [0.5, 0.6) is 0 Å². The Morgan fingerprint density at radius 3 is 2.83 bits per heavy atom. The normalized spacial score (nSPS) is 18.4. The number of anilines is 1. The van der Waals surface area contributed by atoms with Crippen molar-refractivity contribution >= 4 is 11.5 Å². The molecule has 0 aromatic carbocycles. The highest BCUT2D eigenvalue weighted by Gasteiger charge is 2.33. The fourth-order valence-electron chi connectivity index (χ4n) is 3.52. The number of nitrogens with zero attached hydrogens (tertiary/aromatic N) is 7. The summed E-state index contributed by atoms with van der Waals surface area (Å²) in [6.07, 6.45) is 3.72. The van der Waals surface area contributed by atoms with Gasteiger partial charge >= 0.3 is 5.69 Å². The van der Waals surface area contributed by atoms with Gasteiger partial charge in [0.15, 0.2) is 0 Å². The number of nitro groups is 1. The summed E-state index contributed by atoms with van der Waals surface area (Å²) in [5.74, 6) is 1.74. The van der Waals surface area contributed by atoms with Crippen molar-refractivity contribution in [1.82, 2.24) is 24.5 Å². The Labute approximate surface area is 140 Å². The first kappa shape index (κ1) is 16.4. The number of aromatic nitrogens is 5. The summed E-state index contributed by atoms with van der Waals surface area (Å²) in [6.45, 7) is 7.35. The molecule has 0 saturated carbocycles. The van der Waals surface area contributed by atoms with E-state index in [0.717, 1.165) is 25.2 Å². The molecule has 0 bridgehead atoms. The summed E-state index contributed by atoms with van der Waals surface area (Å²) in [7, 11) is 1.76. The van der Waals surface area contributed by atoms with Crippen molar-refractivity contribution in [3.8, 4) is 0 Å². The highest BCUT2D eigenvalue weighted by molar-refractivity contribution is 5.61. The Morgan fingerprint density at radius 1 is 1.42 bits per heavy atom. The van der Waals surface area contributed by atoms with Gasteiger partial charge in [0.1, 0.15) is 17.8 Å². The van der Waals surface area contributed by atoms with Gasteiger partial charge in [-0.25, -0.2) is 4.68 Å². The average molecular weight is 333 g/mol. The van der Waals surface area contributed by atoms with Crippen LogP contribution in [0.1, 0.15) is 50.2 Å². The van der Waals surface area contributed by atoms with Gasteiger partial charge in [0.2, 0.25) is 5.82 Å². The third-order valence-electron chi connectivity index (χ3n) is 4.59. The Kier molecular flexibility index (Phi) is 4.25. The minimum Gasteiger partial charge on any atom is -0.350 e. The topological polar surface area (TPSA) is 94.9 Å². The molecule has 0 radical (unpaired) electrons. The first-order valence-electron chi connectivity index (χ1n) is 8.22. The lowest BCUT2D eigenvalue weighted by Gasteiger charge is -2.33. The molecule has 3 heterocycles. The van der Waals surface area contributed by atoms with E-state index in [1.54, 1.807) is 25.0 Å². The van der Waals surface area contributed by atoms with E-state index in [4.69, 9.17) is 0 Å². The first-order valence-corrected chi connectivity index (χ1v) is 8.22. The molecule has 9 heteroatoms. The van der Waals surface area contributed by atoms with Gasteiger partial charge in [-0.05, 0) is 33.6 Å². The summed E-state index contributed by atoms with van der Waals surface area (Å²) < 4.78 is 3.69. The number of rotatable bonds is 4. The molecule has 0 unspecified atom stereocenters. The number of piperidine rings is 1. The van der Waals surface area contributed by atoms with Gasteiger partial charge in [-0.1, -0.05) is 0 Å². The van der Waals surface area contributed by atoms with Gasteiger partial charge in [-0.3, -0.25) is 10.1 Å². The molecule has 1 saturated heterocycles. The van der Waals surface area contributed by atoms with Gasteiger partial charge in [0, 0.05) is 32.1 Å². The summed E-state index contributed by atoms with van der Waals surface area (Å²) in [5, 5.41) is 24.0. The van der Waals surface area contributed by atoms with E-state index < -0.39 is 0 Å². The molecule has 9 nitrogen and oxygen atoms in total. The van der Waals surface area contributed by atoms with Crippen LogP contribution in [0.4, 0.5) is 11.5 Å². The lowest BCUT2D eigenvalue weighted by Crippen LogP contribution is -2.37. The van der Waals surface area contributed by atoms with Gasteiger partial charge < -0.3 is 9.47 Å². The second-order valence-electron chi connectivity index (χ2n) is 6.61. The molecular weight excluding hydrogens is 310 g/mol. The van der Waals surface area contributed by atoms with Gasteiger partial charge in [0.25, 0.3) is 0 Å². The molecule has 3 rings (SSSR count). The van der Waals surface area contributed by atoms with Crippen LogP contribution in [0.3, 0.4) is 0 Å². The highest BCUT2D eigenvalue weighted by Crippen LogP contribution is 2.36. The maximum absolute atomic E-state index is 11.5. The van der Waals surface area contributed by atoms with E-state index in [1.807, 2.05) is 0 Å². The third kappa shape index (κ3) is 2.74. The zero-order chi connectivity index (χ0) is 17.4. The van der Waals surface area contributed by atoms with Crippen molar-refractivity contribution in [1.29, 1.82) is 0 Å². The minimum absolute atomic E-state index is 0.100. The molecule has 0 N–H and O–H groups in total. The molecule has 1 fully saturated rings. The minimum atomic E-state index is -0.335. The Morgan fingerprint density at radius 2 is 2.17 bits per heavy atom. The molecule has 0 aliphatic carbocycles. The van der Waals surface area contributed by atoms with E-state index in [0.29, 0.717) is 24.1 Å². The summed E-state index contributed by atoms with van der Waals surface area (Å²) in [4.78, 5) is 13.2. The van der Waals surface area contributed by atoms with Crippen molar-refractivity contribution in [3.63, 3.8) is 0 Å². The quantitative estimate of drug-likeness (QED) is 0.629. The Hall–Kier alpha value is -2.45. The molecular formula is C15H23N7O2. The van der Waals surface area contributed by atoms with Crippen LogP contribution in [0.15, 0.2) is 6.33 Å². The standard InChI is InChI=1S/C15H23N7O2/c1-10(2)21-9-16-17-14(21)12-6-5-7-20(8-12)15-13(22(23)24)11(3)18-19(15)4/h9-10,12H,5-8H2,1-4H3/t12-/m1/s1. The third-order valence-corrected chi connectivity index (χ3v) is 4.59. The predicted molar refractivity (Wildman–Crippen MR) is 89.2 cm³/mol. The molecule has 1 atom stereocenters. The van der Waals surface area contributed by atoms with Crippen LogP contribution >= 0.6 is 0 Å². The van der Waals surface area contributed by atoms with Crippen molar-refractivity contribution in [2.24, 2.45) is 7.05 Å². The zero-order valence-corrected chi connectivity index (χ0v) is 14.5. The van der Waals surface area contributed by atoms with E-state index >= 15 is 0 Å². The smallest absolute Gasteiger partial charge is 0.333 e. The molecule has 1 aliphatic heterocycles. The fraction of sp³-hybridized carbons (Fsp3) is 0.667. The van der Waals surface area contributed by atoms with Crippen LogP contribution in [-0.2, 0) is 7.05 Å². The van der Waals surface area contributed by atoms with Crippen molar-refractivity contribution in [2.75, 3.05) is 18.0 Å². The first-order chi connectivity index (χ1) is 11.4. The van der Waals surface area contributed by atoms with E-state index in [2.05, 4.69) is 38.6 Å². The van der Waals surface area contributed by atoms with E-state index in [9.17, 15) is 10.1 Å². The van der Waals surface area contributed by atoms with Crippen LogP contribution in [-0.4, -0.2) is 42.6 Å². The molecule has 0 spiro atoms. The SMILES string of the molecule is Cc1nn(C)c(N2CCC[C@@H](c3nncn3C(C)C)C2)c1[N+](=O)[O-]. The van der Waals surface area contributed by atoms with Crippen LogP contribution in [0.25, 0.3) is 0 Å². The lowest BCUT2D eigenvalue weighted by molar-refractivity contribution is -0.384. The van der Waals surface area contributed by atoms with Gasteiger partial charge in [0.05, 0.1) is 4.92 Å². The van der Waals surface area contributed by atoms with Crippen LogP contribution in [0.2, 0.25) is 0 Å². The lowest BCUT2D eigenvalue weighted by atomic mass is 9.96. The molecule has 2 aromatic rings. The van der Waals surface area contributed by atoms with Crippen LogP contribution in [0, 0.1) is 17.0 Å². The van der Waals surface area contributed by atoms with Gasteiger partial charge in [-0.2, -0.15) is 5.10 Å². The monoisotopic (exact) mass is 333 g/mol. The number of aryl methyl sites for hydroxylation is 2. The molecule has 24 heavy (non-hydrogen) atoms. The molecule has 130 valence electrons. The number of hydrogen-bond donors (Lipinski definition) is 0. The van der Waals surface area contributed by atoms with Crippen LogP contribution < -0.4 is 4.90 Å². The molecule has 0 amide bonds. The highest BCUT2D eigenvalue weighted by atomic mass is 16.6. The van der Waals surface area contributed by atoms with E-state index in [-0.39, 0.29) is 16.5 Å². The van der Waals surface area contributed by atoms with Gasteiger partial charge in [-0.15, -0.1) is 10.2 Å². The van der Waals surface area contributed by atoms with Crippen molar-refractivity contribution in [2.45, 2.75) is 45.6 Å². The predicted octanol–water partition coefficient (Wildman–Crippen LogP) is 2.19. The second-order valence-corrected chi connectivity index (χ2v) is 6.61. The summed E-state index contributed by atoms with van der Waals surface area (Å²) in [6, 6.07) is 0.290. The van der Waals surface area contributed by atoms with E-state index in [1.165, 1.54) is 0 Å². The van der Waals surface area contributed by atoms with Crippen molar-refractivity contribution in [3.05, 3.63) is 28.0 Å². The second kappa shape index (κ2) is 6.21. The molecule has 1 aliphatic rings. The maximum atomic E-state index is 11.5. The Balaban J connectivity index is 1.92. The zero-order valence-electron chi connectivity index (χ0n) is 14.5. The Bertz CT molecular complexity index is 749. The average Bonchev–Trinajstić information content (AvgIpc) is 3.11. The van der Waals surface area contributed by atoms with Crippen molar-refractivity contribution < 1.29 is 4.92 Å².